The Bertz CT molecular complexity index is 977. The van der Waals surface area contributed by atoms with Crippen molar-refractivity contribution in [2.75, 3.05) is 0 Å². The summed E-state index contributed by atoms with van der Waals surface area (Å²) in [4.78, 5) is 12.3. The number of carbonyl (C=O) groups is 1. The summed E-state index contributed by atoms with van der Waals surface area (Å²) >= 11 is 0. The molecule has 1 aliphatic rings. The fraction of sp³-hybridized carbons (Fsp3) is 0.391. The van der Waals surface area contributed by atoms with Crippen molar-refractivity contribution in [3.63, 3.8) is 0 Å². The number of esters is 1. The van der Waals surface area contributed by atoms with Crippen molar-refractivity contribution < 1.29 is 27.4 Å². The van der Waals surface area contributed by atoms with Gasteiger partial charge in [-0.25, -0.2) is 18.0 Å². The van der Waals surface area contributed by atoms with Crippen LogP contribution in [0.5, 0.6) is 5.75 Å². The molecule has 0 heterocycles. The second-order valence-corrected chi connectivity index (χ2v) is 9.80. The van der Waals surface area contributed by atoms with Crippen LogP contribution < -0.4 is 4.74 Å². The Kier molecular flexibility index (Phi) is 7.52. The molecule has 31 heavy (non-hydrogen) atoms. The third-order valence-corrected chi connectivity index (χ3v) is 7.04. The van der Waals surface area contributed by atoms with Crippen LogP contribution in [0.15, 0.2) is 30.3 Å². The third kappa shape index (κ3) is 5.54. The highest BCUT2D eigenvalue weighted by Gasteiger charge is 2.25. The summed E-state index contributed by atoms with van der Waals surface area (Å²) < 4.78 is 52.9. The van der Waals surface area contributed by atoms with Gasteiger partial charge in [-0.1, -0.05) is 12.6 Å². The maximum Gasteiger partial charge on any atom is 0.346 e. The number of halogens is 3. The van der Waals surface area contributed by atoms with E-state index in [9.17, 15) is 18.0 Å². The van der Waals surface area contributed by atoms with Crippen LogP contribution >= 0.6 is 0 Å². The smallest absolute Gasteiger partial charge is 0.346 e. The Hall–Kier alpha value is -2.63. The molecule has 0 amide bonds. The van der Waals surface area contributed by atoms with Gasteiger partial charge in [0.15, 0.2) is 0 Å². The summed E-state index contributed by atoms with van der Waals surface area (Å²) in [5.41, 5.74) is 0.0672. The maximum absolute atomic E-state index is 14.6. The molecule has 0 bridgehead atoms. The van der Waals surface area contributed by atoms with Crippen molar-refractivity contribution in [2.45, 2.75) is 56.9 Å². The summed E-state index contributed by atoms with van der Waals surface area (Å²) in [7, 11) is -0.190. The lowest BCUT2D eigenvalue weighted by molar-refractivity contribution is 0.0113. The lowest BCUT2D eigenvalue weighted by Crippen LogP contribution is -2.27. The maximum atomic E-state index is 14.6. The topological polar surface area (TPSA) is 59.3 Å². The Morgan fingerprint density at radius 1 is 1.10 bits per heavy atom. The number of hydrogen-bond donors (Lipinski definition) is 0. The van der Waals surface area contributed by atoms with Crippen molar-refractivity contribution in [3.8, 4) is 11.8 Å². The molecular formula is C23H24F3NO3Si. The minimum atomic E-state index is -1.16. The lowest BCUT2D eigenvalue weighted by atomic mass is 9.82. The third-order valence-electron chi connectivity index (χ3n) is 5.70. The molecule has 1 atom stereocenters. The van der Waals surface area contributed by atoms with Crippen LogP contribution in [0.3, 0.4) is 0 Å². The van der Waals surface area contributed by atoms with E-state index >= 15 is 0 Å². The van der Waals surface area contributed by atoms with Gasteiger partial charge in [0.1, 0.15) is 34.8 Å². The largest absolute Gasteiger partial charge is 0.423 e. The zero-order chi connectivity index (χ0) is 22.5. The van der Waals surface area contributed by atoms with Crippen molar-refractivity contribution >= 4 is 15.5 Å². The van der Waals surface area contributed by atoms with Gasteiger partial charge in [-0.05, 0) is 56.2 Å². The summed E-state index contributed by atoms with van der Waals surface area (Å²) in [5, 5.41) is 8.69. The molecule has 3 rings (SSSR count). The molecule has 0 N–H and O–H groups in total. The first kappa shape index (κ1) is 23.0. The second kappa shape index (κ2) is 10.1. The first-order valence-corrected chi connectivity index (χ1v) is 12.6. The van der Waals surface area contributed by atoms with Gasteiger partial charge in [0, 0.05) is 17.9 Å². The van der Waals surface area contributed by atoms with Crippen LogP contribution in [-0.4, -0.2) is 27.3 Å². The van der Waals surface area contributed by atoms with E-state index < -0.39 is 34.7 Å². The highest BCUT2D eigenvalue weighted by atomic mass is 28.2. The summed E-state index contributed by atoms with van der Waals surface area (Å²) in [6, 6.07) is 7.15. The fourth-order valence-corrected chi connectivity index (χ4v) is 4.25. The molecule has 4 nitrogen and oxygen atoms in total. The van der Waals surface area contributed by atoms with E-state index in [0.717, 1.165) is 31.2 Å². The van der Waals surface area contributed by atoms with E-state index in [2.05, 4.69) is 13.5 Å². The number of nitriles is 1. The van der Waals surface area contributed by atoms with Crippen LogP contribution in [0, 0.1) is 28.8 Å². The van der Waals surface area contributed by atoms with Crippen LogP contribution in [0.4, 0.5) is 13.2 Å². The zero-order valence-corrected chi connectivity index (χ0v) is 18.9. The van der Waals surface area contributed by atoms with E-state index in [1.54, 1.807) is 6.07 Å². The zero-order valence-electron chi connectivity index (χ0n) is 17.5. The molecule has 0 spiro atoms. The summed E-state index contributed by atoms with van der Waals surface area (Å²) in [6.45, 7) is 4.34. The first-order valence-electron chi connectivity index (χ1n) is 10.4. The molecular weight excluding hydrogens is 423 g/mol. The van der Waals surface area contributed by atoms with Gasteiger partial charge in [-0.3, -0.25) is 0 Å². The van der Waals surface area contributed by atoms with Crippen LogP contribution in [0.2, 0.25) is 6.55 Å². The van der Waals surface area contributed by atoms with Crippen LogP contribution in [0.1, 0.15) is 60.0 Å². The average molecular weight is 448 g/mol. The molecule has 1 saturated carbocycles. The standard InChI is InChI=1S/C23H24F3NO3Si/c1-13(31-2)29-16-6-3-14(4-7-16)15-5-8-18(20(24)9-15)23(28)30-17-10-21(25)19(12-27)22(26)11-17/h5,8-11,13-14,16H,3-4,6-7,31H2,1-2H3/t13?,14-,16-. The number of hydrogen-bond acceptors (Lipinski definition) is 4. The minimum Gasteiger partial charge on any atom is -0.423 e. The number of carbonyl (C=O) groups excluding carboxylic acids is 1. The molecule has 1 unspecified atom stereocenters. The SMILES string of the molecule is C[SiH2]C(C)O[C@H]1CC[C@H](c2ccc(C(=O)Oc3cc(F)c(C#N)c(F)c3)c(F)c2)CC1. The number of nitrogens with zero attached hydrogens (tertiary/aromatic N) is 1. The lowest BCUT2D eigenvalue weighted by Gasteiger charge is -2.30. The molecule has 0 saturated heterocycles. The van der Waals surface area contributed by atoms with Gasteiger partial charge >= 0.3 is 5.97 Å². The van der Waals surface area contributed by atoms with Crippen molar-refractivity contribution in [3.05, 3.63) is 64.5 Å². The van der Waals surface area contributed by atoms with Gasteiger partial charge in [-0.2, -0.15) is 5.26 Å². The summed E-state index contributed by atoms with van der Waals surface area (Å²) in [6.07, 6.45) is 3.87. The van der Waals surface area contributed by atoms with E-state index in [1.165, 1.54) is 18.2 Å². The monoisotopic (exact) mass is 447 g/mol. The van der Waals surface area contributed by atoms with Gasteiger partial charge in [0.25, 0.3) is 0 Å². The van der Waals surface area contributed by atoms with Crippen LogP contribution in [0.25, 0.3) is 0 Å². The predicted octanol–water partition coefficient (Wildman–Crippen LogP) is 4.80. The highest BCUT2D eigenvalue weighted by Crippen LogP contribution is 2.35. The minimum absolute atomic E-state index is 0.190. The van der Waals surface area contributed by atoms with Crippen LogP contribution in [-0.2, 0) is 4.74 Å². The Morgan fingerprint density at radius 2 is 1.74 bits per heavy atom. The van der Waals surface area contributed by atoms with E-state index in [0.29, 0.717) is 17.9 Å². The second-order valence-electron chi connectivity index (χ2n) is 7.83. The molecule has 1 fully saturated rings. The van der Waals surface area contributed by atoms with Crippen molar-refractivity contribution in [2.24, 2.45) is 0 Å². The molecule has 1 aliphatic carbocycles. The van der Waals surface area contributed by atoms with Gasteiger partial charge in [-0.15, -0.1) is 0 Å². The first-order chi connectivity index (χ1) is 14.8. The Labute approximate surface area is 181 Å². The van der Waals surface area contributed by atoms with Crippen molar-refractivity contribution in [1.82, 2.24) is 0 Å². The molecule has 0 radical (unpaired) electrons. The normalized spacial score (nSPS) is 19.9. The van der Waals surface area contributed by atoms with Gasteiger partial charge < -0.3 is 9.47 Å². The van der Waals surface area contributed by atoms with E-state index in [-0.39, 0.29) is 27.1 Å². The number of benzene rings is 2. The average Bonchev–Trinajstić information content (AvgIpc) is 2.73. The number of rotatable bonds is 6. The molecule has 8 heteroatoms. The molecule has 164 valence electrons. The quantitative estimate of drug-likeness (QED) is 0.363. The summed E-state index contributed by atoms with van der Waals surface area (Å²) in [5.74, 6) is -4.38. The molecule has 0 aromatic heterocycles. The van der Waals surface area contributed by atoms with Crippen molar-refractivity contribution in [1.29, 1.82) is 5.26 Å². The van der Waals surface area contributed by atoms with Gasteiger partial charge in [0.05, 0.1) is 21.2 Å². The molecule has 0 aliphatic heterocycles. The Balaban J connectivity index is 1.66. The van der Waals surface area contributed by atoms with E-state index in [4.69, 9.17) is 14.7 Å². The Morgan fingerprint density at radius 3 is 2.29 bits per heavy atom. The fourth-order valence-electron chi connectivity index (χ4n) is 3.79. The number of ether oxygens (including phenoxy) is 2. The van der Waals surface area contributed by atoms with Gasteiger partial charge in [0.2, 0.25) is 0 Å². The molecule has 2 aromatic carbocycles. The highest BCUT2D eigenvalue weighted by molar-refractivity contribution is 6.35. The molecule has 2 aromatic rings. The van der Waals surface area contributed by atoms with E-state index in [1.807, 2.05) is 0 Å². The predicted molar refractivity (Wildman–Crippen MR) is 112 cm³/mol.